The van der Waals surface area contributed by atoms with Crippen LogP contribution in [0.2, 0.25) is 0 Å². The Bertz CT molecular complexity index is 847. The first-order chi connectivity index (χ1) is 10.6. The molecule has 112 valence electrons. The number of carbonyl (C=O) groups excluding carboxylic acids is 1. The molecule has 0 spiro atoms. The molecule has 3 rings (SSSR count). The average Bonchev–Trinajstić information content (AvgIpc) is 2.84. The summed E-state index contributed by atoms with van der Waals surface area (Å²) < 4.78 is 4.84. The van der Waals surface area contributed by atoms with E-state index in [0.29, 0.717) is 10.7 Å². The van der Waals surface area contributed by atoms with Crippen LogP contribution in [0, 0.1) is 13.8 Å². The van der Waals surface area contributed by atoms with Gasteiger partial charge in [-0.05, 0) is 31.5 Å². The highest BCUT2D eigenvalue weighted by molar-refractivity contribution is 7.99. The fourth-order valence-corrected chi connectivity index (χ4v) is 4.30. The number of rotatable bonds is 3. The molecule has 0 fully saturated rings. The van der Waals surface area contributed by atoms with E-state index in [4.69, 9.17) is 4.74 Å². The monoisotopic (exact) mass is 331 g/mol. The standard InChI is InChI=1S/C15H13N3O2S2/c1-8-11-13(21-10-4-6-16-7-5-10)17-9(2)18-14(11)22-12(8)15(19)20-3/h4-7H,1-3H3. The second-order valence-electron chi connectivity index (χ2n) is 4.59. The zero-order valence-electron chi connectivity index (χ0n) is 12.3. The summed E-state index contributed by atoms with van der Waals surface area (Å²) in [4.78, 5) is 27.3. The molecule has 0 aliphatic carbocycles. The topological polar surface area (TPSA) is 65.0 Å². The summed E-state index contributed by atoms with van der Waals surface area (Å²) in [6.45, 7) is 3.75. The largest absolute Gasteiger partial charge is 0.465 e. The molecule has 0 N–H and O–H groups in total. The molecule has 3 aromatic heterocycles. The number of hydrogen-bond acceptors (Lipinski definition) is 7. The maximum Gasteiger partial charge on any atom is 0.348 e. The van der Waals surface area contributed by atoms with Crippen LogP contribution in [0.25, 0.3) is 10.2 Å². The van der Waals surface area contributed by atoms with E-state index in [-0.39, 0.29) is 5.97 Å². The normalized spacial score (nSPS) is 10.9. The minimum absolute atomic E-state index is 0.335. The van der Waals surface area contributed by atoms with Crippen LogP contribution in [0.5, 0.6) is 0 Å². The minimum Gasteiger partial charge on any atom is -0.465 e. The first-order valence-electron chi connectivity index (χ1n) is 6.54. The second-order valence-corrected chi connectivity index (χ2v) is 6.65. The van der Waals surface area contributed by atoms with E-state index in [1.807, 2.05) is 26.0 Å². The molecule has 3 aromatic rings. The predicted octanol–water partition coefficient (Wildman–Crippen LogP) is 3.64. The van der Waals surface area contributed by atoms with Crippen molar-refractivity contribution in [3.05, 3.63) is 40.8 Å². The summed E-state index contributed by atoms with van der Waals surface area (Å²) in [5.74, 6) is 0.347. The molecule has 0 saturated carbocycles. The third kappa shape index (κ3) is 2.69. The van der Waals surface area contributed by atoms with Gasteiger partial charge >= 0.3 is 5.97 Å². The van der Waals surface area contributed by atoms with Gasteiger partial charge in [0.15, 0.2) is 0 Å². The van der Waals surface area contributed by atoms with Gasteiger partial charge in [0.2, 0.25) is 0 Å². The number of fused-ring (bicyclic) bond motifs is 1. The number of pyridine rings is 1. The van der Waals surface area contributed by atoms with Crippen molar-refractivity contribution in [2.45, 2.75) is 23.8 Å². The molecular weight excluding hydrogens is 318 g/mol. The Morgan fingerprint density at radius 2 is 1.95 bits per heavy atom. The highest BCUT2D eigenvalue weighted by atomic mass is 32.2. The van der Waals surface area contributed by atoms with Crippen LogP contribution in [0.4, 0.5) is 0 Å². The van der Waals surface area contributed by atoms with Crippen molar-refractivity contribution in [2.24, 2.45) is 0 Å². The van der Waals surface area contributed by atoms with Crippen molar-refractivity contribution < 1.29 is 9.53 Å². The van der Waals surface area contributed by atoms with Gasteiger partial charge in [0, 0.05) is 22.7 Å². The van der Waals surface area contributed by atoms with Gasteiger partial charge in [-0.25, -0.2) is 14.8 Å². The molecule has 0 aliphatic rings. The molecule has 0 unspecified atom stereocenters. The summed E-state index contributed by atoms with van der Waals surface area (Å²) >= 11 is 2.89. The van der Waals surface area contributed by atoms with Gasteiger partial charge in [-0.3, -0.25) is 4.98 Å². The molecule has 0 amide bonds. The molecule has 0 saturated heterocycles. The number of methoxy groups -OCH3 is 1. The number of ether oxygens (including phenoxy) is 1. The van der Waals surface area contributed by atoms with Crippen LogP contribution in [0.3, 0.4) is 0 Å². The molecule has 0 radical (unpaired) electrons. The van der Waals surface area contributed by atoms with Crippen LogP contribution in [0.15, 0.2) is 34.4 Å². The predicted molar refractivity (Wildman–Crippen MR) is 86.6 cm³/mol. The number of thiophene rings is 1. The lowest BCUT2D eigenvalue weighted by Crippen LogP contribution is -1.99. The van der Waals surface area contributed by atoms with Gasteiger partial charge in [-0.15, -0.1) is 11.3 Å². The highest BCUT2D eigenvalue weighted by Crippen LogP contribution is 2.38. The van der Waals surface area contributed by atoms with E-state index < -0.39 is 0 Å². The summed E-state index contributed by atoms with van der Waals surface area (Å²) in [7, 11) is 1.38. The molecule has 7 heteroatoms. The summed E-state index contributed by atoms with van der Waals surface area (Å²) in [6, 6.07) is 3.85. The Morgan fingerprint density at radius 1 is 1.23 bits per heavy atom. The van der Waals surface area contributed by atoms with E-state index in [9.17, 15) is 4.79 Å². The second kappa shape index (κ2) is 6.02. The zero-order valence-corrected chi connectivity index (χ0v) is 13.9. The number of aromatic nitrogens is 3. The number of nitrogens with zero attached hydrogens (tertiary/aromatic N) is 3. The smallest absolute Gasteiger partial charge is 0.348 e. The lowest BCUT2D eigenvalue weighted by atomic mass is 10.2. The van der Waals surface area contributed by atoms with Crippen LogP contribution >= 0.6 is 23.1 Å². The van der Waals surface area contributed by atoms with Gasteiger partial charge in [0.05, 0.1) is 7.11 Å². The summed E-state index contributed by atoms with van der Waals surface area (Å²) in [5, 5.41) is 1.76. The van der Waals surface area contributed by atoms with Crippen LogP contribution in [-0.4, -0.2) is 28.0 Å². The number of hydrogen-bond donors (Lipinski definition) is 0. The first kappa shape index (κ1) is 14.9. The number of aryl methyl sites for hydroxylation is 2. The quantitative estimate of drug-likeness (QED) is 0.539. The molecule has 0 bridgehead atoms. The van der Waals surface area contributed by atoms with Crippen molar-refractivity contribution in [3.8, 4) is 0 Å². The molecule has 3 heterocycles. The Balaban J connectivity index is 2.17. The fourth-order valence-electron chi connectivity index (χ4n) is 2.08. The Morgan fingerprint density at radius 3 is 2.64 bits per heavy atom. The average molecular weight is 331 g/mol. The van der Waals surface area contributed by atoms with Crippen molar-refractivity contribution in [3.63, 3.8) is 0 Å². The molecule has 5 nitrogen and oxygen atoms in total. The van der Waals surface area contributed by atoms with Crippen molar-refractivity contribution in [1.82, 2.24) is 15.0 Å². The van der Waals surface area contributed by atoms with Crippen molar-refractivity contribution in [1.29, 1.82) is 0 Å². The van der Waals surface area contributed by atoms with Gasteiger partial charge in [0.25, 0.3) is 0 Å². The third-order valence-electron chi connectivity index (χ3n) is 3.10. The lowest BCUT2D eigenvalue weighted by molar-refractivity contribution is 0.0605. The van der Waals surface area contributed by atoms with Crippen LogP contribution in [0.1, 0.15) is 21.1 Å². The lowest BCUT2D eigenvalue weighted by Gasteiger charge is -2.04. The summed E-state index contributed by atoms with van der Waals surface area (Å²) in [6.07, 6.45) is 3.49. The Hall–Kier alpha value is -1.99. The van der Waals surface area contributed by atoms with E-state index in [1.54, 1.807) is 24.2 Å². The maximum atomic E-state index is 11.9. The van der Waals surface area contributed by atoms with Gasteiger partial charge in [-0.1, -0.05) is 11.8 Å². The van der Waals surface area contributed by atoms with E-state index >= 15 is 0 Å². The molecule has 22 heavy (non-hydrogen) atoms. The van der Waals surface area contributed by atoms with E-state index in [0.717, 1.165) is 25.7 Å². The molecule has 0 aliphatic heterocycles. The van der Waals surface area contributed by atoms with Crippen LogP contribution < -0.4 is 0 Å². The fraction of sp³-hybridized carbons (Fsp3) is 0.200. The van der Waals surface area contributed by atoms with Crippen molar-refractivity contribution >= 4 is 39.3 Å². The molecular formula is C15H13N3O2S2. The first-order valence-corrected chi connectivity index (χ1v) is 8.17. The molecule has 0 aromatic carbocycles. The highest BCUT2D eigenvalue weighted by Gasteiger charge is 2.20. The Kier molecular flexibility index (Phi) is 4.08. The van der Waals surface area contributed by atoms with E-state index in [2.05, 4.69) is 15.0 Å². The zero-order chi connectivity index (χ0) is 15.7. The van der Waals surface area contributed by atoms with Gasteiger partial charge < -0.3 is 4.74 Å². The third-order valence-corrected chi connectivity index (χ3v) is 5.27. The molecule has 0 atom stereocenters. The van der Waals surface area contributed by atoms with Crippen molar-refractivity contribution in [2.75, 3.05) is 7.11 Å². The Labute approximate surface area is 135 Å². The minimum atomic E-state index is -0.335. The number of esters is 1. The summed E-state index contributed by atoms with van der Waals surface area (Å²) in [5.41, 5.74) is 0.864. The van der Waals surface area contributed by atoms with Gasteiger partial charge in [0.1, 0.15) is 20.6 Å². The SMILES string of the molecule is COC(=O)c1sc2nc(C)nc(Sc3ccncc3)c2c1C. The number of carbonyl (C=O) groups is 1. The van der Waals surface area contributed by atoms with Crippen LogP contribution in [-0.2, 0) is 4.74 Å². The van der Waals surface area contributed by atoms with Gasteiger partial charge in [-0.2, -0.15) is 0 Å². The maximum absolute atomic E-state index is 11.9. The van der Waals surface area contributed by atoms with E-state index in [1.165, 1.54) is 18.4 Å².